The molecule has 1 aromatic rings. The third-order valence-corrected chi connectivity index (χ3v) is 6.35. The average molecular weight is 348 g/mol. The minimum atomic E-state index is -3.76. The van der Waals surface area contributed by atoms with Crippen molar-refractivity contribution in [2.24, 2.45) is 0 Å². The lowest BCUT2D eigenvalue weighted by Gasteiger charge is -2.45. The average Bonchev–Trinajstić information content (AvgIpc) is 2.47. The number of sulfone groups is 1. The van der Waals surface area contributed by atoms with E-state index in [9.17, 15) is 18.6 Å². The molecule has 24 heavy (non-hydrogen) atoms. The van der Waals surface area contributed by atoms with Crippen molar-refractivity contribution in [3.8, 4) is 5.75 Å². The summed E-state index contributed by atoms with van der Waals surface area (Å²) in [6.45, 7) is 5.21. The number of rotatable bonds is 2. The maximum absolute atomic E-state index is 12.7. The van der Waals surface area contributed by atoms with Gasteiger partial charge in [-0.25, -0.2) is 8.42 Å². The van der Waals surface area contributed by atoms with E-state index >= 15 is 0 Å². The van der Waals surface area contributed by atoms with Crippen LogP contribution in [-0.2, 0) is 14.6 Å². The molecule has 128 valence electrons. The van der Waals surface area contributed by atoms with Crippen LogP contribution in [0.3, 0.4) is 0 Å². The minimum Gasteiger partial charge on any atom is -0.508 e. The normalized spacial score (nSPS) is 28.8. The number of aliphatic hydroxyl groups is 1. The summed E-state index contributed by atoms with van der Waals surface area (Å²) in [4.78, 5) is 0.107. The Kier molecular flexibility index (Phi) is 3.75. The second kappa shape index (κ2) is 5.31. The monoisotopic (exact) mass is 348 g/mol. The van der Waals surface area contributed by atoms with Gasteiger partial charge in [0, 0.05) is 0 Å². The highest BCUT2D eigenvalue weighted by atomic mass is 32.2. The Hall–Kier alpha value is -1.89. The zero-order valence-corrected chi connectivity index (χ0v) is 14.5. The molecule has 0 saturated heterocycles. The summed E-state index contributed by atoms with van der Waals surface area (Å²) in [7, 11) is -3.76. The zero-order chi connectivity index (χ0) is 17.8. The molecular formula is C18H20O5S. The largest absolute Gasteiger partial charge is 0.508 e. The van der Waals surface area contributed by atoms with E-state index in [1.807, 2.05) is 0 Å². The first-order valence-corrected chi connectivity index (χ1v) is 9.08. The lowest BCUT2D eigenvalue weighted by molar-refractivity contribution is -0.153. The van der Waals surface area contributed by atoms with Gasteiger partial charge < -0.3 is 14.9 Å². The molecule has 1 aliphatic carbocycles. The highest BCUT2D eigenvalue weighted by molar-refractivity contribution is 7.95. The van der Waals surface area contributed by atoms with Crippen LogP contribution in [0.15, 0.2) is 63.9 Å². The molecule has 0 aromatic heterocycles. The van der Waals surface area contributed by atoms with Crippen LogP contribution >= 0.6 is 0 Å². The molecule has 3 rings (SSSR count). The second-order valence-corrected chi connectivity index (χ2v) is 8.70. The van der Waals surface area contributed by atoms with Gasteiger partial charge in [-0.15, -0.1) is 0 Å². The standard InChI is InChI=1S/C18H20O5S/c1-17(2)18(3,20)11-12-9-15(7-8-16(12)23-17)24(21,22)14-6-4-5-13(19)10-14/h4-11,16,19-20H,1-3H3. The SMILES string of the molecule is CC1(O)C=C2C=C(S(=O)(=O)c3cccc(O)c3)C=CC2OC1(C)C. The molecule has 0 fully saturated rings. The summed E-state index contributed by atoms with van der Waals surface area (Å²) in [5.41, 5.74) is -1.41. The molecule has 0 bridgehead atoms. The highest BCUT2D eigenvalue weighted by Gasteiger charge is 2.45. The van der Waals surface area contributed by atoms with Crippen molar-refractivity contribution in [1.29, 1.82) is 0 Å². The molecule has 2 N–H and O–H groups in total. The van der Waals surface area contributed by atoms with Gasteiger partial charge >= 0.3 is 0 Å². The summed E-state index contributed by atoms with van der Waals surface area (Å²) in [5, 5.41) is 20.1. The van der Waals surface area contributed by atoms with Crippen molar-refractivity contribution in [3.05, 3.63) is 59.0 Å². The Balaban J connectivity index is 2.05. The first-order valence-electron chi connectivity index (χ1n) is 7.60. The first-order chi connectivity index (χ1) is 11.0. The van der Waals surface area contributed by atoms with Crippen LogP contribution in [0.4, 0.5) is 0 Å². The van der Waals surface area contributed by atoms with Crippen LogP contribution in [0, 0.1) is 0 Å². The Morgan fingerprint density at radius 1 is 1.21 bits per heavy atom. The number of hydrogen-bond acceptors (Lipinski definition) is 5. The number of aromatic hydroxyl groups is 1. The van der Waals surface area contributed by atoms with Crippen LogP contribution in [0.2, 0.25) is 0 Å². The molecular weight excluding hydrogens is 328 g/mol. The number of fused-ring (bicyclic) bond motifs is 1. The van der Waals surface area contributed by atoms with Crippen LogP contribution < -0.4 is 0 Å². The molecule has 0 saturated carbocycles. The highest BCUT2D eigenvalue weighted by Crippen LogP contribution is 2.39. The summed E-state index contributed by atoms with van der Waals surface area (Å²) < 4.78 is 31.4. The van der Waals surface area contributed by atoms with Crippen molar-refractivity contribution in [1.82, 2.24) is 0 Å². The van der Waals surface area contributed by atoms with Gasteiger partial charge in [-0.2, -0.15) is 0 Å². The number of benzene rings is 1. The molecule has 1 aromatic carbocycles. The Bertz CT molecular complexity index is 872. The first kappa shape index (κ1) is 17.0. The van der Waals surface area contributed by atoms with E-state index in [1.54, 1.807) is 32.9 Å². The third-order valence-electron chi connectivity index (χ3n) is 4.60. The number of hydrogen-bond donors (Lipinski definition) is 2. The molecule has 2 unspecified atom stereocenters. The molecule has 0 spiro atoms. The van der Waals surface area contributed by atoms with E-state index in [0.29, 0.717) is 5.57 Å². The topological polar surface area (TPSA) is 83.8 Å². The fourth-order valence-electron chi connectivity index (χ4n) is 2.71. The van der Waals surface area contributed by atoms with Gasteiger partial charge in [0.2, 0.25) is 9.84 Å². The van der Waals surface area contributed by atoms with E-state index in [-0.39, 0.29) is 15.6 Å². The van der Waals surface area contributed by atoms with Gasteiger partial charge in [-0.05, 0) is 62.8 Å². The maximum atomic E-state index is 12.7. The molecule has 0 amide bonds. The van der Waals surface area contributed by atoms with E-state index in [1.165, 1.54) is 36.4 Å². The van der Waals surface area contributed by atoms with Gasteiger partial charge in [0.05, 0.1) is 15.4 Å². The van der Waals surface area contributed by atoms with Crippen molar-refractivity contribution >= 4 is 9.84 Å². The summed E-state index contributed by atoms with van der Waals surface area (Å²) in [6.07, 6.45) is 5.91. The Morgan fingerprint density at radius 2 is 1.92 bits per heavy atom. The fraction of sp³-hybridized carbons (Fsp3) is 0.333. The summed E-state index contributed by atoms with van der Waals surface area (Å²) in [6, 6.07) is 5.54. The number of ether oxygens (including phenoxy) is 1. The molecule has 1 heterocycles. The number of allylic oxidation sites excluding steroid dienone is 1. The van der Waals surface area contributed by atoms with Gasteiger partial charge in [-0.3, -0.25) is 0 Å². The van der Waals surface area contributed by atoms with Gasteiger partial charge in [0.15, 0.2) is 0 Å². The van der Waals surface area contributed by atoms with E-state index in [2.05, 4.69) is 0 Å². The quantitative estimate of drug-likeness (QED) is 0.858. The van der Waals surface area contributed by atoms with Crippen LogP contribution in [-0.4, -0.2) is 35.9 Å². The summed E-state index contributed by atoms with van der Waals surface area (Å²) in [5.74, 6) is -0.112. The minimum absolute atomic E-state index is 0.0151. The lowest BCUT2D eigenvalue weighted by Crippen LogP contribution is -2.53. The van der Waals surface area contributed by atoms with E-state index < -0.39 is 27.1 Å². The van der Waals surface area contributed by atoms with Crippen LogP contribution in [0.25, 0.3) is 0 Å². The van der Waals surface area contributed by atoms with Crippen molar-refractivity contribution < 1.29 is 23.4 Å². The number of phenolic OH excluding ortho intramolecular Hbond substituents is 1. The summed E-state index contributed by atoms with van der Waals surface area (Å²) >= 11 is 0. The molecule has 0 radical (unpaired) electrons. The Morgan fingerprint density at radius 3 is 2.58 bits per heavy atom. The fourth-order valence-corrected chi connectivity index (χ4v) is 4.06. The predicted octanol–water partition coefficient (Wildman–Crippen LogP) is 2.47. The van der Waals surface area contributed by atoms with Crippen LogP contribution in [0.5, 0.6) is 5.75 Å². The predicted molar refractivity (Wildman–Crippen MR) is 90.2 cm³/mol. The molecule has 2 atom stereocenters. The van der Waals surface area contributed by atoms with Crippen molar-refractivity contribution in [3.63, 3.8) is 0 Å². The van der Waals surface area contributed by atoms with Gasteiger partial charge in [-0.1, -0.05) is 12.1 Å². The smallest absolute Gasteiger partial charge is 0.206 e. The lowest BCUT2D eigenvalue weighted by atomic mass is 9.81. The van der Waals surface area contributed by atoms with Crippen molar-refractivity contribution in [2.45, 2.75) is 43.0 Å². The molecule has 2 aliphatic rings. The zero-order valence-electron chi connectivity index (χ0n) is 13.7. The maximum Gasteiger partial charge on any atom is 0.206 e. The van der Waals surface area contributed by atoms with Gasteiger partial charge in [0.1, 0.15) is 17.5 Å². The molecule has 5 nitrogen and oxygen atoms in total. The van der Waals surface area contributed by atoms with E-state index in [0.717, 1.165) is 0 Å². The van der Waals surface area contributed by atoms with Crippen molar-refractivity contribution in [2.75, 3.05) is 0 Å². The third kappa shape index (κ3) is 2.70. The Labute approximate surface area is 141 Å². The van der Waals surface area contributed by atoms with E-state index in [4.69, 9.17) is 4.74 Å². The second-order valence-electron chi connectivity index (χ2n) is 6.75. The van der Waals surface area contributed by atoms with Crippen LogP contribution in [0.1, 0.15) is 20.8 Å². The molecule has 1 aliphatic heterocycles. The van der Waals surface area contributed by atoms with Gasteiger partial charge in [0.25, 0.3) is 0 Å². The number of phenols is 1. The molecule has 6 heteroatoms.